The second-order valence-electron chi connectivity index (χ2n) is 5.17. The van der Waals surface area contributed by atoms with Crippen LogP contribution in [0.3, 0.4) is 0 Å². The Bertz CT molecular complexity index is 306. The average Bonchev–Trinajstić information content (AvgIpc) is 2.85. The summed E-state index contributed by atoms with van der Waals surface area (Å²) >= 11 is 0. The minimum atomic E-state index is 0.161. The molecule has 0 spiro atoms. The standard InChI is InChI=1S/C16H29NO/c1-3-5-6-7-8-9-10-11-15(17)14-12-13-18-16(14)4-2/h12-13,15H,3-11,17H2,1-2H3. The van der Waals surface area contributed by atoms with Crippen molar-refractivity contribution in [1.82, 2.24) is 0 Å². The lowest BCUT2D eigenvalue weighted by atomic mass is 10.00. The van der Waals surface area contributed by atoms with E-state index in [-0.39, 0.29) is 6.04 Å². The summed E-state index contributed by atoms with van der Waals surface area (Å²) in [6.45, 7) is 4.37. The highest BCUT2D eigenvalue weighted by Gasteiger charge is 2.12. The number of hydrogen-bond acceptors (Lipinski definition) is 2. The quantitative estimate of drug-likeness (QED) is 0.595. The van der Waals surface area contributed by atoms with Crippen molar-refractivity contribution in [2.45, 2.75) is 77.7 Å². The number of unbranched alkanes of at least 4 members (excludes halogenated alkanes) is 6. The van der Waals surface area contributed by atoms with Crippen molar-refractivity contribution in [1.29, 1.82) is 0 Å². The summed E-state index contributed by atoms with van der Waals surface area (Å²) in [5, 5.41) is 0. The maximum absolute atomic E-state index is 6.22. The fourth-order valence-corrected chi connectivity index (χ4v) is 2.45. The van der Waals surface area contributed by atoms with Gasteiger partial charge in [-0.15, -0.1) is 0 Å². The molecule has 0 saturated heterocycles. The van der Waals surface area contributed by atoms with E-state index >= 15 is 0 Å². The van der Waals surface area contributed by atoms with Gasteiger partial charge < -0.3 is 10.2 Å². The third-order valence-electron chi connectivity index (χ3n) is 3.62. The molecule has 1 aromatic rings. The molecule has 0 aliphatic carbocycles. The monoisotopic (exact) mass is 251 g/mol. The van der Waals surface area contributed by atoms with E-state index in [4.69, 9.17) is 10.2 Å². The molecule has 0 radical (unpaired) electrons. The van der Waals surface area contributed by atoms with Gasteiger partial charge in [0, 0.05) is 18.0 Å². The molecule has 0 saturated carbocycles. The van der Waals surface area contributed by atoms with Gasteiger partial charge in [-0.3, -0.25) is 0 Å². The van der Waals surface area contributed by atoms with Gasteiger partial charge in [-0.05, 0) is 12.5 Å². The lowest BCUT2D eigenvalue weighted by Crippen LogP contribution is -2.10. The zero-order valence-electron chi connectivity index (χ0n) is 12.1. The predicted molar refractivity (Wildman–Crippen MR) is 77.6 cm³/mol. The number of furan rings is 1. The van der Waals surface area contributed by atoms with Crippen molar-refractivity contribution in [2.24, 2.45) is 5.73 Å². The second-order valence-corrected chi connectivity index (χ2v) is 5.17. The van der Waals surface area contributed by atoms with Crippen LogP contribution in [0.2, 0.25) is 0 Å². The number of hydrogen-bond donors (Lipinski definition) is 1. The summed E-state index contributed by atoms with van der Waals surface area (Å²) < 4.78 is 5.43. The maximum Gasteiger partial charge on any atom is 0.108 e. The molecule has 104 valence electrons. The Morgan fingerprint density at radius 1 is 1.06 bits per heavy atom. The van der Waals surface area contributed by atoms with Crippen LogP contribution in [0.5, 0.6) is 0 Å². The van der Waals surface area contributed by atoms with Crippen molar-refractivity contribution in [2.75, 3.05) is 0 Å². The minimum Gasteiger partial charge on any atom is -0.469 e. The molecule has 2 heteroatoms. The third kappa shape index (κ3) is 5.26. The molecular weight excluding hydrogens is 222 g/mol. The molecule has 1 unspecified atom stereocenters. The third-order valence-corrected chi connectivity index (χ3v) is 3.62. The largest absolute Gasteiger partial charge is 0.469 e. The van der Waals surface area contributed by atoms with Crippen LogP contribution in [0, 0.1) is 0 Å². The summed E-state index contributed by atoms with van der Waals surface area (Å²) in [4.78, 5) is 0. The van der Waals surface area contributed by atoms with Gasteiger partial charge in [0.15, 0.2) is 0 Å². The lowest BCUT2D eigenvalue weighted by Gasteiger charge is -2.11. The Morgan fingerprint density at radius 3 is 2.39 bits per heavy atom. The SMILES string of the molecule is CCCCCCCCCC(N)c1ccoc1CC. The second kappa shape index (κ2) is 9.21. The van der Waals surface area contributed by atoms with Crippen LogP contribution in [0.1, 0.15) is 82.6 Å². The van der Waals surface area contributed by atoms with Crippen LogP contribution in [0.15, 0.2) is 16.7 Å². The van der Waals surface area contributed by atoms with E-state index in [0.717, 1.165) is 18.6 Å². The highest BCUT2D eigenvalue weighted by Crippen LogP contribution is 2.23. The molecule has 0 fully saturated rings. The summed E-state index contributed by atoms with van der Waals surface area (Å²) in [7, 11) is 0. The smallest absolute Gasteiger partial charge is 0.108 e. The van der Waals surface area contributed by atoms with Crippen LogP contribution >= 0.6 is 0 Å². The molecule has 1 atom stereocenters. The molecule has 1 heterocycles. The maximum atomic E-state index is 6.22. The molecule has 1 rings (SSSR count). The molecule has 1 aromatic heterocycles. The topological polar surface area (TPSA) is 39.2 Å². The highest BCUT2D eigenvalue weighted by atomic mass is 16.3. The minimum absolute atomic E-state index is 0.161. The Balaban J connectivity index is 2.12. The first-order chi connectivity index (χ1) is 8.79. The molecule has 18 heavy (non-hydrogen) atoms. The van der Waals surface area contributed by atoms with Crippen LogP contribution in [0.25, 0.3) is 0 Å². The molecule has 0 amide bonds. The summed E-state index contributed by atoms with van der Waals surface area (Å²) in [5.74, 6) is 1.06. The van der Waals surface area contributed by atoms with Crippen molar-refractivity contribution < 1.29 is 4.42 Å². The summed E-state index contributed by atoms with van der Waals surface area (Å²) in [5.41, 5.74) is 7.43. The molecule has 2 N–H and O–H groups in total. The van der Waals surface area contributed by atoms with Crippen LogP contribution in [0.4, 0.5) is 0 Å². The normalized spacial score (nSPS) is 12.8. The van der Waals surface area contributed by atoms with Crippen LogP contribution < -0.4 is 5.73 Å². The molecule has 2 nitrogen and oxygen atoms in total. The van der Waals surface area contributed by atoms with E-state index < -0.39 is 0 Å². The molecular formula is C16H29NO. The lowest BCUT2D eigenvalue weighted by molar-refractivity contribution is 0.495. The average molecular weight is 251 g/mol. The van der Waals surface area contributed by atoms with Gasteiger partial charge in [0.1, 0.15) is 5.76 Å². The van der Waals surface area contributed by atoms with Crippen molar-refractivity contribution in [3.05, 3.63) is 23.7 Å². The van der Waals surface area contributed by atoms with E-state index in [1.165, 1.54) is 50.5 Å². The Labute approximate surface area is 112 Å². The Hall–Kier alpha value is -0.760. The first-order valence-electron chi connectivity index (χ1n) is 7.61. The van der Waals surface area contributed by atoms with E-state index in [2.05, 4.69) is 13.8 Å². The van der Waals surface area contributed by atoms with Gasteiger partial charge in [0.2, 0.25) is 0 Å². The first-order valence-corrected chi connectivity index (χ1v) is 7.61. The zero-order chi connectivity index (χ0) is 13.2. The van der Waals surface area contributed by atoms with Gasteiger partial charge in [0.05, 0.1) is 6.26 Å². The number of aryl methyl sites for hydroxylation is 1. The number of nitrogens with two attached hydrogens (primary N) is 1. The van der Waals surface area contributed by atoms with Crippen LogP contribution in [-0.2, 0) is 6.42 Å². The van der Waals surface area contributed by atoms with E-state index in [9.17, 15) is 0 Å². The van der Waals surface area contributed by atoms with Crippen molar-refractivity contribution in [3.63, 3.8) is 0 Å². The van der Waals surface area contributed by atoms with Gasteiger partial charge in [0.25, 0.3) is 0 Å². The molecule has 0 aliphatic rings. The van der Waals surface area contributed by atoms with E-state index in [0.29, 0.717) is 0 Å². The van der Waals surface area contributed by atoms with Gasteiger partial charge in [-0.2, -0.15) is 0 Å². The molecule has 0 aliphatic heterocycles. The fourth-order valence-electron chi connectivity index (χ4n) is 2.45. The van der Waals surface area contributed by atoms with Crippen molar-refractivity contribution in [3.8, 4) is 0 Å². The number of rotatable bonds is 10. The van der Waals surface area contributed by atoms with Crippen molar-refractivity contribution >= 4 is 0 Å². The fraction of sp³-hybridized carbons (Fsp3) is 0.750. The first kappa shape index (κ1) is 15.3. The van der Waals surface area contributed by atoms with E-state index in [1.807, 2.05) is 6.07 Å². The Morgan fingerprint density at radius 2 is 1.72 bits per heavy atom. The Kier molecular flexibility index (Phi) is 7.83. The van der Waals surface area contributed by atoms with Gasteiger partial charge in [-0.1, -0.05) is 58.8 Å². The summed E-state index contributed by atoms with van der Waals surface area (Å²) in [6.07, 6.45) is 13.2. The molecule has 0 aromatic carbocycles. The predicted octanol–water partition coefficient (Wildman–Crippen LogP) is 4.98. The zero-order valence-corrected chi connectivity index (χ0v) is 12.1. The molecule has 0 bridgehead atoms. The van der Waals surface area contributed by atoms with Crippen LogP contribution in [-0.4, -0.2) is 0 Å². The summed E-state index contributed by atoms with van der Waals surface area (Å²) in [6, 6.07) is 2.19. The van der Waals surface area contributed by atoms with E-state index in [1.54, 1.807) is 6.26 Å². The van der Waals surface area contributed by atoms with Gasteiger partial charge in [-0.25, -0.2) is 0 Å². The van der Waals surface area contributed by atoms with Gasteiger partial charge >= 0.3 is 0 Å². The highest BCUT2D eigenvalue weighted by molar-refractivity contribution is 5.20.